The first-order chi connectivity index (χ1) is 9.15. The van der Waals surface area contributed by atoms with Gasteiger partial charge in [0.25, 0.3) is 0 Å². The van der Waals surface area contributed by atoms with Gasteiger partial charge in [0.15, 0.2) is 0 Å². The summed E-state index contributed by atoms with van der Waals surface area (Å²) >= 11 is 0. The molecule has 1 heterocycles. The molecule has 0 radical (unpaired) electrons. The molecule has 0 aliphatic rings. The van der Waals surface area contributed by atoms with E-state index in [1.165, 1.54) is 0 Å². The number of nitrogens with one attached hydrogen (secondary N) is 1. The molecule has 0 fully saturated rings. The summed E-state index contributed by atoms with van der Waals surface area (Å²) in [6.07, 6.45) is 1.93. The lowest BCUT2D eigenvalue weighted by molar-refractivity contribution is -0.120. The van der Waals surface area contributed by atoms with Gasteiger partial charge in [0.2, 0.25) is 5.91 Å². The summed E-state index contributed by atoms with van der Waals surface area (Å²) in [5, 5.41) is 2.80. The van der Waals surface area contributed by atoms with E-state index in [2.05, 4.69) is 10.3 Å². The molecule has 2 rings (SSSR count). The third-order valence-electron chi connectivity index (χ3n) is 2.71. The number of hydrogen-bond acceptors (Lipinski definition) is 5. The molecular weight excluding hydrogens is 254 g/mol. The lowest BCUT2D eigenvalue weighted by Crippen LogP contribution is -2.25. The number of nitrogens with zero attached hydrogens (tertiary/aromatic N) is 1. The number of nitrogen functional groups attached to an aromatic ring is 2. The Balaban J connectivity index is 0.00000200. The highest BCUT2D eigenvalue weighted by molar-refractivity contribution is 5.80. The molecule has 0 spiro atoms. The smallest absolute Gasteiger partial charge is 0.224 e. The summed E-state index contributed by atoms with van der Waals surface area (Å²) in [6.45, 7) is 0.411. The monoisotopic (exact) mass is 273 g/mol. The molecule has 20 heavy (non-hydrogen) atoms. The molecule has 0 atom stereocenters. The highest BCUT2D eigenvalue weighted by Crippen LogP contribution is 2.16. The van der Waals surface area contributed by atoms with Crippen molar-refractivity contribution in [2.75, 3.05) is 11.5 Å². The number of rotatable bonds is 4. The van der Waals surface area contributed by atoms with Gasteiger partial charge >= 0.3 is 0 Å². The van der Waals surface area contributed by atoms with Gasteiger partial charge in [-0.3, -0.25) is 9.78 Å². The molecule has 6 nitrogen and oxygen atoms in total. The van der Waals surface area contributed by atoms with E-state index in [0.717, 1.165) is 11.3 Å². The molecule has 0 bridgehead atoms. The van der Waals surface area contributed by atoms with Crippen LogP contribution in [-0.4, -0.2) is 10.9 Å². The van der Waals surface area contributed by atoms with Gasteiger partial charge in [0.1, 0.15) is 0 Å². The van der Waals surface area contributed by atoms with Crippen LogP contribution >= 0.6 is 0 Å². The minimum Gasteiger partial charge on any atom is -0.399 e. The van der Waals surface area contributed by atoms with E-state index in [4.69, 9.17) is 11.5 Å². The number of anilines is 2. The van der Waals surface area contributed by atoms with E-state index in [1.54, 1.807) is 24.4 Å². The van der Waals surface area contributed by atoms with Crippen molar-refractivity contribution in [2.24, 2.45) is 0 Å². The first-order valence-electron chi connectivity index (χ1n) is 5.95. The van der Waals surface area contributed by atoms with Gasteiger partial charge in [-0.2, -0.15) is 0 Å². The van der Waals surface area contributed by atoms with E-state index in [1.807, 2.05) is 18.2 Å². The molecular formula is C14H19N5O. The summed E-state index contributed by atoms with van der Waals surface area (Å²) in [6, 6.07) is 10.7. The summed E-state index contributed by atoms with van der Waals surface area (Å²) in [4.78, 5) is 15.9. The Hall–Kier alpha value is -2.60. The second-order valence-corrected chi connectivity index (χ2v) is 4.23. The molecule has 2 aromatic rings. The van der Waals surface area contributed by atoms with Gasteiger partial charge < -0.3 is 22.9 Å². The molecule has 1 aromatic carbocycles. The van der Waals surface area contributed by atoms with Crippen LogP contribution in [0.25, 0.3) is 0 Å². The Morgan fingerprint density at radius 3 is 2.65 bits per heavy atom. The second-order valence-electron chi connectivity index (χ2n) is 4.23. The molecule has 0 aliphatic carbocycles. The Bertz CT molecular complexity index is 571. The summed E-state index contributed by atoms with van der Waals surface area (Å²) < 4.78 is 0. The van der Waals surface area contributed by atoms with E-state index in [0.29, 0.717) is 17.9 Å². The fourth-order valence-electron chi connectivity index (χ4n) is 1.70. The maximum atomic E-state index is 11.8. The zero-order valence-corrected chi connectivity index (χ0v) is 11.2. The van der Waals surface area contributed by atoms with E-state index in [-0.39, 0.29) is 18.5 Å². The fraction of sp³-hybridized carbons (Fsp3) is 0.143. The summed E-state index contributed by atoms with van der Waals surface area (Å²) in [5.41, 5.74) is 14.1. The lowest BCUT2D eigenvalue weighted by atomic mass is 10.1. The van der Waals surface area contributed by atoms with Crippen LogP contribution in [0.4, 0.5) is 11.4 Å². The molecule has 1 aromatic heterocycles. The van der Waals surface area contributed by atoms with Crippen molar-refractivity contribution in [3.05, 3.63) is 53.9 Å². The van der Waals surface area contributed by atoms with Crippen LogP contribution < -0.4 is 22.9 Å². The largest absolute Gasteiger partial charge is 0.399 e. The topological polar surface area (TPSA) is 129 Å². The average Bonchev–Trinajstić information content (AvgIpc) is 2.41. The van der Waals surface area contributed by atoms with Crippen molar-refractivity contribution in [3.63, 3.8) is 0 Å². The number of carbonyl (C=O) groups excluding carboxylic acids is 1. The van der Waals surface area contributed by atoms with Crippen molar-refractivity contribution in [1.82, 2.24) is 16.5 Å². The number of hydrogen-bond donors (Lipinski definition) is 4. The summed E-state index contributed by atoms with van der Waals surface area (Å²) in [7, 11) is 0. The van der Waals surface area contributed by atoms with Gasteiger partial charge in [0.05, 0.1) is 18.7 Å². The fourth-order valence-corrected chi connectivity index (χ4v) is 1.70. The van der Waals surface area contributed by atoms with Gasteiger partial charge in [-0.15, -0.1) is 0 Å². The number of pyridine rings is 1. The Morgan fingerprint density at radius 1 is 1.20 bits per heavy atom. The third-order valence-corrected chi connectivity index (χ3v) is 2.71. The number of benzene rings is 1. The molecule has 6 heteroatoms. The zero-order chi connectivity index (χ0) is 13.7. The van der Waals surface area contributed by atoms with Crippen molar-refractivity contribution < 1.29 is 4.79 Å². The van der Waals surface area contributed by atoms with Crippen LogP contribution in [0.2, 0.25) is 0 Å². The number of nitrogens with two attached hydrogens (primary N) is 2. The minimum absolute atomic E-state index is 0. The first kappa shape index (κ1) is 15.5. The normalized spacial score (nSPS) is 9.60. The van der Waals surface area contributed by atoms with Crippen molar-refractivity contribution >= 4 is 17.3 Å². The van der Waals surface area contributed by atoms with Crippen molar-refractivity contribution in [3.8, 4) is 0 Å². The number of carbonyl (C=O) groups is 1. The molecule has 0 saturated carbocycles. The quantitative estimate of drug-likeness (QED) is 0.623. The zero-order valence-electron chi connectivity index (χ0n) is 11.2. The predicted octanol–water partition coefficient (Wildman–Crippen LogP) is 1.27. The van der Waals surface area contributed by atoms with Gasteiger partial charge in [-0.1, -0.05) is 12.1 Å². The van der Waals surface area contributed by atoms with Crippen LogP contribution in [-0.2, 0) is 17.8 Å². The Morgan fingerprint density at radius 2 is 2.00 bits per heavy atom. The Labute approximate surface area is 117 Å². The standard InChI is InChI=1S/C14H16N4O.H3N/c15-11-5-4-10(13(16)8-11)7-14(19)18-9-12-3-1-2-6-17-12;/h1-6,8H,7,9,15-16H2,(H,18,19);1H3. The maximum Gasteiger partial charge on any atom is 0.224 e. The van der Waals surface area contributed by atoms with Crippen LogP contribution in [0.15, 0.2) is 42.6 Å². The van der Waals surface area contributed by atoms with Crippen LogP contribution in [0.3, 0.4) is 0 Å². The summed E-state index contributed by atoms with van der Waals surface area (Å²) in [5.74, 6) is -0.0953. The van der Waals surface area contributed by atoms with E-state index < -0.39 is 0 Å². The van der Waals surface area contributed by atoms with Crippen molar-refractivity contribution in [2.45, 2.75) is 13.0 Å². The SMILES string of the molecule is N.Nc1ccc(CC(=O)NCc2ccccn2)c(N)c1. The van der Waals surface area contributed by atoms with E-state index >= 15 is 0 Å². The molecule has 0 unspecified atom stereocenters. The Kier molecular flexibility index (Phi) is 5.49. The first-order valence-corrected chi connectivity index (χ1v) is 5.95. The van der Waals surface area contributed by atoms with Crippen molar-refractivity contribution in [1.29, 1.82) is 0 Å². The van der Waals surface area contributed by atoms with Gasteiger partial charge in [-0.25, -0.2) is 0 Å². The maximum absolute atomic E-state index is 11.8. The molecule has 8 N–H and O–H groups in total. The molecule has 106 valence electrons. The molecule has 0 saturated heterocycles. The van der Waals surface area contributed by atoms with Crippen LogP contribution in [0, 0.1) is 0 Å². The van der Waals surface area contributed by atoms with Gasteiger partial charge in [-0.05, 0) is 29.8 Å². The molecule has 0 aliphatic heterocycles. The van der Waals surface area contributed by atoms with E-state index in [9.17, 15) is 4.79 Å². The number of amides is 1. The number of aromatic nitrogens is 1. The lowest BCUT2D eigenvalue weighted by Gasteiger charge is -2.07. The second kappa shape index (κ2) is 7.10. The van der Waals surface area contributed by atoms with Crippen LogP contribution in [0.1, 0.15) is 11.3 Å². The highest BCUT2D eigenvalue weighted by Gasteiger charge is 2.06. The highest BCUT2D eigenvalue weighted by atomic mass is 16.1. The molecule has 1 amide bonds. The van der Waals surface area contributed by atoms with Crippen LogP contribution in [0.5, 0.6) is 0 Å². The average molecular weight is 273 g/mol. The van der Waals surface area contributed by atoms with Gasteiger partial charge in [0, 0.05) is 17.6 Å². The minimum atomic E-state index is -0.0953. The predicted molar refractivity (Wildman–Crippen MR) is 80.1 cm³/mol. The third kappa shape index (κ3) is 4.25.